The lowest BCUT2D eigenvalue weighted by atomic mass is 10.1. The maximum atomic E-state index is 13.1. The summed E-state index contributed by atoms with van der Waals surface area (Å²) >= 11 is 18.6. The van der Waals surface area contributed by atoms with E-state index in [2.05, 4.69) is 15.6 Å². The second-order valence-electron chi connectivity index (χ2n) is 6.67. The molecule has 160 valence electrons. The summed E-state index contributed by atoms with van der Waals surface area (Å²) in [5.74, 6) is -1.01. The molecule has 0 aliphatic heterocycles. The highest BCUT2D eigenvalue weighted by Crippen LogP contribution is 2.29. The summed E-state index contributed by atoms with van der Waals surface area (Å²) in [5, 5.41) is 6.10. The third kappa shape index (κ3) is 5.07. The molecule has 3 aromatic rings. The maximum absolute atomic E-state index is 13.1. The van der Waals surface area contributed by atoms with Gasteiger partial charge in [0, 0.05) is 11.2 Å². The molecule has 31 heavy (non-hydrogen) atoms. The first-order chi connectivity index (χ1) is 14.7. The minimum Gasteiger partial charge on any atom is -0.345 e. The van der Waals surface area contributed by atoms with Gasteiger partial charge < -0.3 is 10.6 Å². The van der Waals surface area contributed by atoms with E-state index >= 15 is 0 Å². The summed E-state index contributed by atoms with van der Waals surface area (Å²) < 4.78 is 1.40. The van der Waals surface area contributed by atoms with E-state index in [0.717, 1.165) is 0 Å². The van der Waals surface area contributed by atoms with Crippen molar-refractivity contribution in [1.82, 2.24) is 14.9 Å². The van der Waals surface area contributed by atoms with Gasteiger partial charge in [0.1, 0.15) is 16.6 Å². The van der Waals surface area contributed by atoms with E-state index in [-0.39, 0.29) is 40.2 Å². The van der Waals surface area contributed by atoms with Crippen molar-refractivity contribution in [1.29, 1.82) is 0 Å². The summed E-state index contributed by atoms with van der Waals surface area (Å²) in [5.41, 5.74) is 1.11. The van der Waals surface area contributed by atoms with Crippen LogP contribution in [0.15, 0.2) is 42.6 Å². The molecule has 1 aromatic carbocycles. The minimum absolute atomic E-state index is 0.125. The molecule has 2 aromatic heterocycles. The van der Waals surface area contributed by atoms with Crippen LogP contribution < -0.4 is 10.6 Å². The lowest BCUT2D eigenvalue weighted by Crippen LogP contribution is -2.29. The highest BCUT2D eigenvalue weighted by molar-refractivity contribution is 6.33. The average Bonchev–Trinajstić information content (AvgIpc) is 3.09. The van der Waals surface area contributed by atoms with E-state index in [1.54, 1.807) is 25.1 Å². The van der Waals surface area contributed by atoms with Crippen molar-refractivity contribution in [2.24, 2.45) is 0 Å². The monoisotopic (exact) mass is 478 g/mol. The van der Waals surface area contributed by atoms with Crippen molar-refractivity contribution >= 4 is 58.1 Å². The summed E-state index contributed by atoms with van der Waals surface area (Å²) in [4.78, 5) is 41.2. The van der Waals surface area contributed by atoms with Gasteiger partial charge in [-0.25, -0.2) is 4.98 Å². The number of hydrogen-bond donors (Lipinski definition) is 2. The number of benzene rings is 1. The van der Waals surface area contributed by atoms with E-state index < -0.39 is 11.8 Å². The van der Waals surface area contributed by atoms with Crippen LogP contribution in [0.1, 0.15) is 33.3 Å². The van der Waals surface area contributed by atoms with Crippen molar-refractivity contribution in [3.8, 4) is 5.82 Å². The first-order valence-electron chi connectivity index (χ1n) is 9.06. The van der Waals surface area contributed by atoms with E-state index in [9.17, 15) is 14.4 Å². The molecule has 0 atom stereocenters. The van der Waals surface area contributed by atoms with Gasteiger partial charge >= 0.3 is 0 Å². The Hall–Kier alpha value is -2.87. The molecule has 2 amide bonds. The van der Waals surface area contributed by atoms with Crippen LogP contribution in [-0.2, 0) is 4.79 Å². The number of ketones is 1. The number of amides is 2. The summed E-state index contributed by atoms with van der Waals surface area (Å²) in [6, 6.07) is 9.37. The number of pyridine rings is 1. The fraction of sp³-hybridized carbons (Fsp3) is 0.143. The zero-order chi connectivity index (χ0) is 22.7. The highest BCUT2D eigenvalue weighted by Gasteiger charge is 2.22. The zero-order valence-corrected chi connectivity index (χ0v) is 18.8. The van der Waals surface area contributed by atoms with Crippen LogP contribution in [0, 0.1) is 6.92 Å². The fourth-order valence-electron chi connectivity index (χ4n) is 2.91. The molecule has 0 bridgehead atoms. The predicted molar refractivity (Wildman–Crippen MR) is 121 cm³/mol. The van der Waals surface area contributed by atoms with E-state index in [1.165, 1.54) is 35.9 Å². The molecule has 0 radical (unpaired) electrons. The van der Waals surface area contributed by atoms with Crippen LogP contribution in [0.5, 0.6) is 0 Å². The number of carbonyl (C=O) groups excluding carboxylic acids is 3. The molecule has 0 aliphatic carbocycles. The number of carbonyl (C=O) groups is 3. The Morgan fingerprint density at radius 1 is 1.06 bits per heavy atom. The number of halogens is 3. The van der Waals surface area contributed by atoms with Gasteiger partial charge in [0.05, 0.1) is 22.8 Å². The number of hydrogen-bond acceptors (Lipinski definition) is 4. The normalized spacial score (nSPS) is 10.6. The quantitative estimate of drug-likeness (QED) is 0.535. The predicted octanol–water partition coefficient (Wildman–Crippen LogP) is 4.71. The number of Topliss-reactive ketones (excluding diaryl/α,β-unsaturated/α-hetero) is 1. The Kier molecular flexibility index (Phi) is 7.00. The van der Waals surface area contributed by atoms with Gasteiger partial charge in [-0.05, 0) is 55.8 Å². The molecule has 0 saturated carbocycles. The van der Waals surface area contributed by atoms with Crippen LogP contribution in [0.4, 0.5) is 5.69 Å². The Morgan fingerprint density at radius 2 is 1.81 bits per heavy atom. The van der Waals surface area contributed by atoms with Gasteiger partial charge in [-0.3, -0.25) is 19.0 Å². The highest BCUT2D eigenvalue weighted by atomic mass is 35.5. The fourth-order valence-corrected chi connectivity index (χ4v) is 3.62. The summed E-state index contributed by atoms with van der Waals surface area (Å²) in [7, 11) is 0. The molecular weight excluding hydrogens is 463 g/mol. The van der Waals surface area contributed by atoms with Crippen molar-refractivity contribution in [2.45, 2.75) is 13.8 Å². The molecular formula is C21H17Cl3N4O3. The maximum Gasteiger partial charge on any atom is 0.272 e. The Balaban J connectivity index is 2.00. The largest absolute Gasteiger partial charge is 0.345 e. The summed E-state index contributed by atoms with van der Waals surface area (Å²) in [6.45, 7) is 2.91. The topological polar surface area (TPSA) is 93.1 Å². The van der Waals surface area contributed by atoms with Gasteiger partial charge in [0.15, 0.2) is 5.82 Å². The van der Waals surface area contributed by atoms with Crippen LogP contribution in [0.25, 0.3) is 5.82 Å². The van der Waals surface area contributed by atoms with E-state index in [4.69, 9.17) is 34.8 Å². The Bertz CT molecular complexity index is 1190. The molecule has 0 saturated heterocycles. The second kappa shape index (κ2) is 9.51. The molecule has 7 nitrogen and oxygen atoms in total. The lowest BCUT2D eigenvalue weighted by Gasteiger charge is -2.16. The van der Waals surface area contributed by atoms with Gasteiger partial charge in [0.2, 0.25) is 0 Å². The number of anilines is 1. The molecule has 10 heteroatoms. The minimum atomic E-state index is -0.544. The second-order valence-corrected chi connectivity index (χ2v) is 7.90. The van der Waals surface area contributed by atoms with Crippen molar-refractivity contribution in [3.05, 3.63) is 74.6 Å². The van der Waals surface area contributed by atoms with Gasteiger partial charge in [-0.2, -0.15) is 0 Å². The van der Waals surface area contributed by atoms with Crippen molar-refractivity contribution in [2.75, 3.05) is 11.9 Å². The molecule has 0 fully saturated rings. The molecule has 0 unspecified atom stereocenters. The standard InChI is InChI=1S/C21H17Cl3N4O3/c1-11-8-13(22)9-14(20(30)26-10-12(2)29)18(11)27-21(31)16-5-6-17(24)28(16)19-15(23)4-3-7-25-19/h3-9H,10H2,1-2H3,(H,26,30)(H,27,31). The molecule has 0 aliphatic rings. The zero-order valence-electron chi connectivity index (χ0n) is 16.5. The summed E-state index contributed by atoms with van der Waals surface area (Å²) in [6.07, 6.45) is 1.53. The Labute approximate surface area is 193 Å². The third-order valence-electron chi connectivity index (χ3n) is 4.30. The SMILES string of the molecule is CC(=O)CNC(=O)c1cc(Cl)cc(C)c1NC(=O)c1ccc(Cl)n1-c1ncccc1Cl. The number of nitrogens with one attached hydrogen (secondary N) is 2. The van der Waals surface area contributed by atoms with Gasteiger partial charge in [-0.1, -0.05) is 34.8 Å². The van der Waals surface area contributed by atoms with Gasteiger partial charge in [0.25, 0.3) is 11.8 Å². The molecule has 2 N–H and O–H groups in total. The number of rotatable bonds is 6. The third-order valence-corrected chi connectivity index (χ3v) is 5.11. The number of aryl methyl sites for hydroxylation is 1. The van der Waals surface area contributed by atoms with Crippen LogP contribution in [0.2, 0.25) is 15.2 Å². The average molecular weight is 480 g/mol. The first kappa shape index (κ1) is 22.8. The van der Waals surface area contributed by atoms with Crippen LogP contribution in [0.3, 0.4) is 0 Å². The van der Waals surface area contributed by atoms with Gasteiger partial charge in [-0.15, -0.1) is 0 Å². The van der Waals surface area contributed by atoms with E-state index in [1.807, 2.05) is 0 Å². The molecule has 2 heterocycles. The smallest absolute Gasteiger partial charge is 0.272 e. The van der Waals surface area contributed by atoms with Crippen LogP contribution >= 0.6 is 34.8 Å². The number of nitrogens with zero attached hydrogens (tertiary/aromatic N) is 2. The lowest BCUT2D eigenvalue weighted by molar-refractivity contribution is -0.116. The van der Waals surface area contributed by atoms with Crippen molar-refractivity contribution < 1.29 is 14.4 Å². The number of aromatic nitrogens is 2. The van der Waals surface area contributed by atoms with E-state index in [0.29, 0.717) is 15.6 Å². The molecule has 0 spiro atoms. The Morgan fingerprint density at radius 3 is 2.48 bits per heavy atom. The molecule has 3 rings (SSSR count). The first-order valence-corrected chi connectivity index (χ1v) is 10.2. The van der Waals surface area contributed by atoms with Crippen molar-refractivity contribution in [3.63, 3.8) is 0 Å². The van der Waals surface area contributed by atoms with Crippen LogP contribution in [-0.4, -0.2) is 33.7 Å².